The summed E-state index contributed by atoms with van der Waals surface area (Å²) in [5.41, 5.74) is -0.508. The molecule has 0 bridgehead atoms. The average Bonchev–Trinajstić information content (AvgIpc) is 3.81. The molecule has 0 spiro atoms. The fourth-order valence-electron chi connectivity index (χ4n) is 7.64. The molecule has 0 aliphatic carbocycles. The highest BCUT2D eigenvalue weighted by Gasteiger charge is 2.37. The quantitative estimate of drug-likeness (QED) is 0.196. The number of amides is 2. The second-order valence-corrected chi connectivity index (χ2v) is 14.5. The maximum Gasteiger partial charge on any atom is 0.418 e. The van der Waals surface area contributed by atoms with E-state index in [1.807, 2.05) is 0 Å². The molecule has 3 N–H and O–H groups in total. The number of nitrogens with one attached hydrogen (secondary N) is 2. The molecular weight excluding hydrogens is 733 g/mol. The molecule has 56 heavy (non-hydrogen) atoms. The van der Waals surface area contributed by atoms with Crippen molar-refractivity contribution in [2.24, 2.45) is 0 Å². The van der Waals surface area contributed by atoms with E-state index < -0.39 is 29.1 Å². The van der Waals surface area contributed by atoms with Gasteiger partial charge in [0, 0.05) is 88.7 Å². The number of aliphatic hydroxyl groups excluding tert-OH is 1. The summed E-state index contributed by atoms with van der Waals surface area (Å²) < 4.78 is 55.6. The van der Waals surface area contributed by atoms with E-state index in [2.05, 4.69) is 25.5 Å². The topological polar surface area (TPSA) is 145 Å². The number of benzene rings is 2. The number of fused-ring (bicyclic) bond motifs is 1. The zero-order valence-corrected chi connectivity index (χ0v) is 32.2. The normalized spacial score (nSPS) is 17.6. The Kier molecular flexibility index (Phi) is 13.1. The summed E-state index contributed by atoms with van der Waals surface area (Å²) in [6.45, 7) is 8.87. The van der Waals surface area contributed by atoms with Crippen LogP contribution in [0.25, 0.3) is 16.9 Å². The maximum absolute atomic E-state index is 14.6. The van der Waals surface area contributed by atoms with Crippen molar-refractivity contribution in [1.29, 1.82) is 0 Å². The van der Waals surface area contributed by atoms with Crippen LogP contribution < -0.4 is 35.5 Å². The summed E-state index contributed by atoms with van der Waals surface area (Å²) in [5.74, 6) is 0.522. The van der Waals surface area contributed by atoms with E-state index in [1.54, 1.807) is 28.0 Å². The minimum Gasteiger partial charge on any atom is -0.497 e. The fourth-order valence-corrected chi connectivity index (χ4v) is 7.64. The number of rotatable bonds is 15. The number of ether oxygens (including phenoxy) is 2. The van der Waals surface area contributed by atoms with Crippen molar-refractivity contribution in [1.82, 2.24) is 30.2 Å². The fraction of sp³-hybridized carbons (Fsp3) is 0.538. The van der Waals surface area contributed by atoms with Gasteiger partial charge in [-0.25, -0.2) is 0 Å². The first kappa shape index (κ1) is 40.8. The largest absolute Gasteiger partial charge is 0.497 e. The van der Waals surface area contributed by atoms with Crippen LogP contribution >= 0.6 is 0 Å². The van der Waals surface area contributed by atoms with Gasteiger partial charge in [-0.05, 0) is 69.1 Å². The number of methoxy groups -OCH3 is 2. The Morgan fingerprint density at radius 3 is 2.12 bits per heavy atom. The molecule has 1 unspecified atom stereocenters. The predicted octanol–water partition coefficient (Wildman–Crippen LogP) is 2.52. The molecule has 17 heteroatoms. The Morgan fingerprint density at radius 1 is 0.911 bits per heavy atom. The number of hydrogen-bond donors (Lipinski definition) is 3. The van der Waals surface area contributed by atoms with Gasteiger partial charge < -0.3 is 44.8 Å². The van der Waals surface area contributed by atoms with Gasteiger partial charge in [0.15, 0.2) is 0 Å². The molecule has 14 nitrogen and oxygen atoms in total. The van der Waals surface area contributed by atoms with Crippen molar-refractivity contribution in [3.8, 4) is 28.4 Å². The van der Waals surface area contributed by atoms with Crippen LogP contribution in [-0.4, -0.2) is 135 Å². The van der Waals surface area contributed by atoms with Gasteiger partial charge in [0.1, 0.15) is 17.2 Å². The van der Waals surface area contributed by atoms with Gasteiger partial charge in [-0.1, -0.05) is 0 Å². The lowest BCUT2D eigenvalue weighted by Crippen LogP contribution is -2.47. The summed E-state index contributed by atoms with van der Waals surface area (Å²) in [4.78, 5) is 47.0. The van der Waals surface area contributed by atoms with Gasteiger partial charge in [-0.3, -0.25) is 14.4 Å². The summed E-state index contributed by atoms with van der Waals surface area (Å²) in [5, 5.41) is 20.6. The number of halogens is 3. The third-order valence-corrected chi connectivity index (χ3v) is 10.6. The van der Waals surface area contributed by atoms with Crippen molar-refractivity contribution in [2.75, 3.05) is 103 Å². The Labute approximate surface area is 324 Å². The number of aromatic nitrogens is 2. The SMILES string of the molecule is COc1cc(OC)cc(-c2nn(-c3cc(N4CCC(O)C4)ccc3C(F)(F)F)c(=O)c3c2CCN3CC(=O)NCCCN2CCN(CCCNC(C)=O)CC2)c1. The van der Waals surface area contributed by atoms with E-state index in [-0.39, 0.29) is 42.8 Å². The number of piperazine rings is 1. The van der Waals surface area contributed by atoms with Crippen LogP contribution in [0.2, 0.25) is 0 Å². The average molecular weight is 785 g/mol. The highest BCUT2D eigenvalue weighted by atomic mass is 19.4. The zero-order chi connectivity index (χ0) is 40.0. The van der Waals surface area contributed by atoms with Gasteiger partial charge in [-0.2, -0.15) is 23.0 Å². The van der Waals surface area contributed by atoms with Gasteiger partial charge in [0.2, 0.25) is 11.8 Å². The van der Waals surface area contributed by atoms with E-state index in [0.717, 1.165) is 62.9 Å². The second-order valence-electron chi connectivity index (χ2n) is 14.5. The Morgan fingerprint density at radius 2 is 1.55 bits per heavy atom. The number of carbonyl (C=O) groups excluding carboxylic acids is 2. The van der Waals surface area contributed by atoms with Crippen LogP contribution in [-0.2, 0) is 22.2 Å². The molecule has 6 rings (SSSR count). The van der Waals surface area contributed by atoms with Gasteiger partial charge >= 0.3 is 6.18 Å². The smallest absolute Gasteiger partial charge is 0.418 e. The molecule has 3 aliphatic heterocycles. The summed E-state index contributed by atoms with van der Waals surface area (Å²) in [6, 6.07) is 8.58. The molecule has 2 aromatic carbocycles. The van der Waals surface area contributed by atoms with Crippen molar-refractivity contribution >= 4 is 23.2 Å². The lowest BCUT2D eigenvalue weighted by molar-refractivity contribution is -0.137. The summed E-state index contributed by atoms with van der Waals surface area (Å²) >= 11 is 0. The highest BCUT2D eigenvalue weighted by Crippen LogP contribution is 2.39. The maximum atomic E-state index is 14.6. The van der Waals surface area contributed by atoms with Gasteiger partial charge in [0.05, 0.1) is 43.8 Å². The lowest BCUT2D eigenvalue weighted by Gasteiger charge is -2.34. The first-order valence-corrected chi connectivity index (χ1v) is 19.1. The third-order valence-electron chi connectivity index (χ3n) is 10.6. The Bertz CT molecular complexity index is 1910. The molecule has 1 aromatic heterocycles. The van der Waals surface area contributed by atoms with E-state index in [4.69, 9.17) is 9.47 Å². The molecule has 0 saturated carbocycles. The lowest BCUT2D eigenvalue weighted by atomic mass is 10.0. The van der Waals surface area contributed by atoms with Crippen molar-refractivity contribution in [3.63, 3.8) is 0 Å². The molecule has 2 saturated heterocycles. The molecule has 4 heterocycles. The van der Waals surface area contributed by atoms with Crippen molar-refractivity contribution in [2.45, 2.75) is 44.9 Å². The number of alkyl halides is 3. The first-order valence-electron chi connectivity index (χ1n) is 19.1. The van der Waals surface area contributed by atoms with Crippen LogP contribution in [0.15, 0.2) is 41.2 Å². The third kappa shape index (κ3) is 9.73. The predicted molar refractivity (Wildman–Crippen MR) is 206 cm³/mol. The van der Waals surface area contributed by atoms with E-state index >= 15 is 0 Å². The monoisotopic (exact) mass is 784 g/mol. The van der Waals surface area contributed by atoms with Crippen LogP contribution in [0.4, 0.5) is 24.5 Å². The summed E-state index contributed by atoms with van der Waals surface area (Å²) in [6.07, 6.45) is -3.01. The number of nitrogens with zero attached hydrogens (tertiary/aromatic N) is 6. The van der Waals surface area contributed by atoms with Crippen LogP contribution in [0.1, 0.15) is 37.3 Å². The van der Waals surface area contributed by atoms with E-state index in [1.165, 1.54) is 33.3 Å². The Balaban J connectivity index is 1.22. The number of anilines is 2. The number of aliphatic hydroxyl groups is 1. The molecule has 2 amide bonds. The van der Waals surface area contributed by atoms with Crippen LogP contribution in [0, 0.1) is 0 Å². The minimum absolute atomic E-state index is 0.0201. The number of β-amino-alcohol motifs (C(OH)–C–C–N with tert-alkyl or cyclic N) is 1. The number of hydrogen-bond acceptors (Lipinski definition) is 11. The standard InChI is InChI=1S/C39H51F3N8O6/c1-26(51)43-10-4-12-46-16-18-47(19-17-46)13-5-11-44-35(53)25-49-15-9-32-36(27-20-30(55-2)23-31(21-27)56-3)45-50(38(54)37(32)49)34-22-28(48-14-8-29(52)24-48)6-7-33(34)39(40,41)42/h6-7,20-23,29,52H,4-5,8-19,24-25H2,1-3H3,(H,43,51)(H,44,53). The second kappa shape index (κ2) is 17.9. The molecule has 304 valence electrons. The molecule has 3 aliphatic rings. The molecule has 1 atom stereocenters. The van der Waals surface area contributed by atoms with Crippen molar-refractivity contribution in [3.05, 3.63) is 57.9 Å². The van der Waals surface area contributed by atoms with Crippen LogP contribution in [0.3, 0.4) is 0 Å². The highest BCUT2D eigenvalue weighted by molar-refractivity contribution is 5.84. The minimum atomic E-state index is -4.82. The van der Waals surface area contributed by atoms with Gasteiger partial charge in [-0.15, -0.1) is 0 Å². The molecule has 0 radical (unpaired) electrons. The molecular formula is C39H51F3N8O6. The van der Waals surface area contributed by atoms with Crippen molar-refractivity contribution < 1.29 is 37.3 Å². The zero-order valence-electron chi connectivity index (χ0n) is 32.2. The summed E-state index contributed by atoms with van der Waals surface area (Å²) in [7, 11) is 2.96. The Hall–Kier alpha value is -4.87. The molecule has 2 fully saturated rings. The van der Waals surface area contributed by atoms with E-state index in [0.29, 0.717) is 60.8 Å². The first-order chi connectivity index (χ1) is 26.8. The van der Waals surface area contributed by atoms with Crippen LogP contribution in [0.5, 0.6) is 11.5 Å². The molecule has 3 aromatic rings. The van der Waals surface area contributed by atoms with Gasteiger partial charge in [0.25, 0.3) is 5.56 Å². The number of carbonyl (C=O) groups is 2. The van der Waals surface area contributed by atoms with E-state index in [9.17, 15) is 32.7 Å².